The fourth-order valence-corrected chi connectivity index (χ4v) is 2.23. The van der Waals surface area contributed by atoms with E-state index >= 15 is 0 Å². The van der Waals surface area contributed by atoms with Crippen LogP contribution >= 0.6 is 11.3 Å². The van der Waals surface area contributed by atoms with Crippen molar-refractivity contribution in [3.05, 3.63) is 52.2 Å². The van der Waals surface area contributed by atoms with E-state index in [1.165, 1.54) is 0 Å². The maximum absolute atomic E-state index is 11.8. The van der Waals surface area contributed by atoms with Crippen molar-refractivity contribution < 1.29 is 10.0 Å². The van der Waals surface area contributed by atoms with E-state index in [1.807, 2.05) is 16.8 Å². The molecule has 5 nitrogen and oxygen atoms in total. The highest BCUT2D eigenvalue weighted by Crippen LogP contribution is 2.11. The summed E-state index contributed by atoms with van der Waals surface area (Å²) in [6.07, 6.45) is 0.353. The van der Waals surface area contributed by atoms with Gasteiger partial charge in [-0.2, -0.15) is 11.3 Å². The highest BCUT2D eigenvalue weighted by atomic mass is 32.1. The number of benzene rings is 1. The third-order valence-electron chi connectivity index (χ3n) is 2.52. The first-order valence-corrected chi connectivity index (χ1v) is 6.52. The summed E-state index contributed by atoms with van der Waals surface area (Å²) in [5.41, 5.74) is 7.72. The molecule has 6 heteroatoms. The molecule has 0 atom stereocenters. The van der Waals surface area contributed by atoms with Crippen LogP contribution in [-0.2, 0) is 11.2 Å². The van der Waals surface area contributed by atoms with Crippen molar-refractivity contribution in [1.29, 1.82) is 0 Å². The topological polar surface area (TPSA) is 87.7 Å². The number of rotatable bonds is 4. The molecular weight excluding hydrogens is 262 g/mol. The summed E-state index contributed by atoms with van der Waals surface area (Å²) in [6.45, 7) is 0. The van der Waals surface area contributed by atoms with Crippen molar-refractivity contribution in [1.82, 2.24) is 0 Å². The largest absolute Gasteiger partial charge is 0.409 e. The van der Waals surface area contributed by atoms with Gasteiger partial charge in [-0.3, -0.25) is 4.79 Å². The van der Waals surface area contributed by atoms with Gasteiger partial charge in [-0.15, -0.1) is 0 Å². The van der Waals surface area contributed by atoms with Crippen LogP contribution in [0.25, 0.3) is 0 Å². The van der Waals surface area contributed by atoms with Crippen molar-refractivity contribution in [3.63, 3.8) is 0 Å². The zero-order valence-corrected chi connectivity index (χ0v) is 10.9. The molecule has 1 aromatic carbocycles. The Labute approximate surface area is 114 Å². The lowest BCUT2D eigenvalue weighted by Crippen LogP contribution is -2.15. The molecule has 0 radical (unpaired) electrons. The number of hydrogen-bond donors (Lipinski definition) is 3. The molecule has 0 bridgehead atoms. The Bertz CT molecular complexity index is 576. The highest BCUT2D eigenvalue weighted by molar-refractivity contribution is 7.08. The molecule has 4 N–H and O–H groups in total. The minimum atomic E-state index is -0.0741. The van der Waals surface area contributed by atoms with E-state index in [1.54, 1.807) is 35.6 Å². The van der Waals surface area contributed by atoms with Gasteiger partial charge in [0, 0.05) is 11.3 Å². The number of oxime groups is 1. The van der Waals surface area contributed by atoms with Gasteiger partial charge in [0.25, 0.3) is 0 Å². The molecule has 1 heterocycles. The average molecular weight is 275 g/mol. The van der Waals surface area contributed by atoms with Gasteiger partial charge in [0.1, 0.15) is 0 Å². The number of anilines is 1. The van der Waals surface area contributed by atoms with Gasteiger partial charge in [-0.1, -0.05) is 5.16 Å². The molecule has 1 amide bonds. The fraction of sp³-hybridized carbons (Fsp3) is 0.0769. The number of carbonyl (C=O) groups excluding carboxylic acids is 1. The predicted octanol–water partition coefficient (Wildman–Crippen LogP) is 2.02. The molecule has 1 aromatic heterocycles. The third-order valence-corrected chi connectivity index (χ3v) is 3.25. The van der Waals surface area contributed by atoms with Gasteiger partial charge in [-0.05, 0) is 46.7 Å². The van der Waals surface area contributed by atoms with Crippen LogP contribution in [0.1, 0.15) is 11.1 Å². The Kier molecular flexibility index (Phi) is 4.15. The van der Waals surface area contributed by atoms with Crippen molar-refractivity contribution >= 4 is 28.8 Å². The Balaban J connectivity index is 1.98. The van der Waals surface area contributed by atoms with Crippen molar-refractivity contribution in [3.8, 4) is 0 Å². The second-order valence-corrected chi connectivity index (χ2v) is 4.70. The van der Waals surface area contributed by atoms with E-state index in [-0.39, 0.29) is 11.7 Å². The lowest BCUT2D eigenvalue weighted by atomic mass is 10.2. The van der Waals surface area contributed by atoms with Crippen LogP contribution in [0.4, 0.5) is 5.69 Å². The van der Waals surface area contributed by atoms with E-state index in [2.05, 4.69) is 10.5 Å². The van der Waals surface area contributed by atoms with Crippen LogP contribution in [-0.4, -0.2) is 17.0 Å². The second-order valence-electron chi connectivity index (χ2n) is 3.92. The molecule has 19 heavy (non-hydrogen) atoms. The normalized spacial score (nSPS) is 11.3. The monoisotopic (exact) mass is 275 g/mol. The first kappa shape index (κ1) is 13.1. The van der Waals surface area contributed by atoms with E-state index in [0.717, 1.165) is 5.56 Å². The predicted molar refractivity (Wildman–Crippen MR) is 75.6 cm³/mol. The number of nitrogens with one attached hydrogen (secondary N) is 1. The average Bonchev–Trinajstić information content (AvgIpc) is 2.91. The van der Waals surface area contributed by atoms with E-state index < -0.39 is 0 Å². The Morgan fingerprint density at radius 2 is 2.05 bits per heavy atom. The fourth-order valence-electron chi connectivity index (χ4n) is 1.57. The molecule has 0 spiro atoms. The van der Waals surface area contributed by atoms with Crippen molar-refractivity contribution in [2.75, 3.05) is 5.32 Å². The Morgan fingerprint density at radius 3 is 2.63 bits per heavy atom. The summed E-state index contributed by atoms with van der Waals surface area (Å²) in [5.74, 6) is -0.0360. The lowest BCUT2D eigenvalue weighted by Gasteiger charge is -2.05. The minimum absolute atomic E-state index is 0.0381. The molecule has 98 valence electrons. The molecule has 0 aliphatic heterocycles. The second kappa shape index (κ2) is 6.01. The number of amides is 1. The highest BCUT2D eigenvalue weighted by Gasteiger charge is 2.05. The van der Waals surface area contributed by atoms with Crippen LogP contribution < -0.4 is 11.1 Å². The number of nitrogens with two attached hydrogens (primary N) is 1. The molecule has 0 saturated carbocycles. The number of hydrogen-bond acceptors (Lipinski definition) is 4. The van der Waals surface area contributed by atoms with Crippen molar-refractivity contribution in [2.45, 2.75) is 6.42 Å². The van der Waals surface area contributed by atoms with E-state index in [0.29, 0.717) is 17.7 Å². The molecule has 2 rings (SSSR count). The SMILES string of the molecule is N/C(=N/O)c1ccc(NC(=O)Cc2ccsc2)cc1. The molecular formula is C13H13N3O2S. The smallest absolute Gasteiger partial charge is 0.228 e. The summed E-state index contributed by atoms with van der Waals surface area (Å²) in [5, 5.41) is 18.1. The molecule has 2 aromatic rings. The van der Waals surface area contributed by atoms with Gasteiger partial charge < -0.3 is 16.3 Å². The zero-order chi connectivity index (χ0) is 13.7. The lowest BCUT2D eigenvalue weighted by molar-refractivity contribution is -0.115. The van der Waals surface area contributed by atoms with Gasteiger partial charge in [0.2, 0.25) is 5.91 Å². The number of amidine groups is 1. The van der Waals surface area contributed by atoms with Gasteiger partial charge in [-0.25, -0.2) is 0 Å². The molecule has 0 saturated heterocycles. The van der Waals surface area contributed by atoms with Gasteiger partial charge >= 0.3 is 0 Å². The summed E-state index contributed by atoms with van der Waals surface area (Å²) >= 11 is 1.56. The van der Waals surface area contributed by atoms with E-state index in [9.17, 15) is 4.79 Å². The maximum Gasteiger partial charge on any atom is 0.228 e. The Morgan fingerprint density at radius 1 is 1.32 bits per heavy atom. The van der Waals surface area contributed by atoms with Crippen LogP contribution in [0.15, 0.2) is 46.2 Å². The third kappa shape index (κ3) is 3.56. The summed E-state index contributed by atoms with van der Waals surface area (Å²) in [4.78, 5) is 11.8. The standard InChI is InChI=1S/C13H13N3O2S/c14-13(16-18)10-1-3-11(4-2-10)15-12(17)7-9-5-6-19-8-9/h1-6,8,18H,7H2,(H2,14,16)(H,15,17). The zero-order valence-electron chi connectivity index (χ0n) is 10.0. The van der Waals surface area contributed by atoms with Gasteiger partial charge in [0.15, 0.2) is 5.84 Å². The summed E-state index contributed by atoms with van der Waals surface area (Å²) < 4.78 is 0. The van der Waals surface area contributed by atoms with Crippen LogP contribution in [0.2, 0.25) is 0 Å². The Hall–Kier alpha value is -2.34. The van der Waals surface area contributed by atoms with Crippen LogP contribution in [0.3, 0.4) is 0 Å². The summed E-state index contributed by atoms with van der Waals surface area (Å²) in [6, 6.07) is 8.69. The maximum atomic E-state index is 11.8. The minimum Gasteiger partial charge on any atom is -0.409 e. The van der Waals surface area contributed by atoms with Crippen LogP contribution in [0.5, 0.6) is 0 Å². The van der Waals surface area contributed by atoms with E-state index in [4.69, 9.17) is 10.9 Å². The molecule has 0 fully saturated rings. The number of thiophene rings is 1. The first-order chi connectivity index (χ1) is 9.19. The molecule has 0 unspecified atom stereocenters. The van der Waals surface area contributed by atoms with Crippen LogP contribution in [0, 0.1) is 0 Å². The van der Waals surface area contributed by atoms with Gasteiger partial charge in [0.05, 0.1) is 6.42 Å². The van der Waals surface area contributed by atoms with Crippen molar-refractivity contribution in [2.24, 2.45) is 10.9 Å². The quantitative estimate of drug-likeness (QED) is 0.345. The number of carbonyl (C=O) groups is 1. The number of nitrogens with zero attached hydrogens (tertiary/aromatic N) is 1. The first-order valence-electron chi connectivity index (χ1n) is 5.58. The summed E-state index contributed by atoms with van der Waals surface area (Å²) in [7, 11) is 0. The molecule has 0 aliphatic carbocycles. The molecule has 0 aliphatic rings.